The Morgan fingerprint density at radius 1 is 1.29 bits per heavy atom. The van der Waals surface area contributed by atoms with Crippen LogP contribution in [-0.4, -0.2) is 25.0 Å². The van der Waals surface area contributed by atoms with Gasteiger partial charge in [0.2, 0.25) is 10.7 Å². The highest BCUT2D eigenvalue weighted by molar-refractivity contribution is 7.71. The number of carbonyl (C=O) groups excluding carboxylic acids is 1. The van der Waals surface area contributed by atoms with Crippen molar-refractivity contribution in [2.45, 2.75) is 20.4 Å². The van der Waals surface area contributed by atoms with Crippen molar-refractivity contribution in [3.05, 3.63) is 63.9 Å². The summed E-state index contributed by atoms with van der Waals surface area (Å²) in [6.07, 6.45) is 3.73. The second-order valence-electron chi connectivity index (χ2n) is 5.37. The Bertz CT molecular complexity index is 942. The minimum Gasteiger partial charge on any atom is -0.324 e. The zero-order chi connectivity index (χ0) is 17.3. The number of hydrogen-bond acceptors (Lipinski definition) is 3. The van der Waals surface area contributed by atoms with Crippen LogP contribution in [0.1, 0.15) is 11.4 Å². The average molecular weight is 362 g/mol. The number of aryl methyl sites for hydroxylation is 2. The van der Waals surface area contributed by atoms with Crippen molar-refractivity contribution in [1.29, 1.82) is 0 Å². The van der Waals surface area contributed by atoms with Crippen molar-refractivity contribution in [3.8, 4) is 0 Å². The first-order chi connectivity index (χ1) is 11.5. The number of amides is 1. The molecule has 0 fully saturated rings. The molecule has 0 atom stereocenters. The minimum atomic E-state index is -0.219. The van der Waals surface area contributed by atoms with Crippen molar-refractivity contribution >= 4 is 35.4 Å². The van der Waals surface area contributed by atoms with E-state index in [2.05, 4.69) is 10.4 Å². The third-order valence-corrected chi connectivity index (χ3v) is 4.33. The molecule has 1 aromatic carbocycles. The molecule has 0 bridgehead atoms. The van der Waals surface area contributed by atoms with E-state index >= 15 is 0 Å². The summed E-state index contributed by atoms with van der Waals surface area (Å²) in [5, 5.41) is 7.76. The molecule has 6 nitrogen and oxygen atoms in total. The molecule has 8 heteroatoms. The number of nitrogens with one attached hydrogen (secondary N) is 1. The maximum Gasteiger partial charge on any atom is 0.246 e. The lowest BCUT2D eigenvalue weighted by molar-refractivity contribution is -0.116. The van der Waals surface area contributed by atoms with Crippen LogP contribution in [0.5, 0.6) is 0 Å². The van der Waals surface area contributed by atoms with E-state index in [1.807, 2.05) is 55.2 Å². The van der Waals surface area contributed by atoms with Gasteiger partial charge in [-0.15, -0.1) is 0 Å². The largest absolute Gasteiger partial charge is 0.324 e. The highest BCUT2D eigenvalue weighted by atomic mass is 35.5. The Hall–Kier alpha value is -2.38. The lowest BCUT2D eigenvalue weighted by Crippen LogP contribution is -2.20. The number of benzene rings is 1. The lowest BCUT2D eigenvalue weighted by atomic mass is 10.2. The van der Waals surface area contributed by atoms with E-state index in [4.69, 9.17) is 23.8 Å². The summed E-state index contributed by atoms with van der Waals surface area (Å²) in [4.78, 5) is 12.3. The van der Waals surface area contributed by atoms with Gasteiger partial charge in [-0.3, -0.25) is 9.47 Å². The van der Waals surface area contributed by atoms with E-state index in [9.17, 15) is 4.79 Å². The van der Waals surface area contributed by atoms with Crippen LogP contribution < -0.4 is 5.32 Å². The summed E-state index contributed by atoms with van der Waals surface area (Å²) in [7, 11) is 0. The SMILES string of the molecule is Cc1ccc(NC(=O)Cn2nc(C)n(-n3cccc3)c2=S)cc1Cl. The number of rotatable bonds is 4. The fourth-order valence-electron chi connectivity index (χ4n) is 2.34. The highest BCUT2D eigenvalue weighted by Crippen LogP contribution is 2.19. The molecule has 124 valence electrons. The summed E-state index contributed by atoms with van der Waals surface area (Å²) >= 11 is 11.5. The third kappa shape index (κ3) is 3.27. The maximum absolute atomic E-state index is 12.3. The second kappa shape index (κ2) is 6.62. The molecule has 0 saturated carbocycles. The van der Waals surface area contributed by atoms with Crippen LogP contribution in [0.15, 0.2) is 42.7 Å². The number of anilines is 1. The van der Waals surface area contributed by atoms with Crippen molar-refractivity contribution in [2.24, 2.45) is 0 Å². The van der Waals surface area contributed by atoms with Gasteiger partial charge < -0.3 is 5.32 Å². The minimum absolute atomic E-state index is 0.0272. The summed E-state index contributed by atoms with van der Waals surface area (Å²) < 4.78 is 5.51. The molecule has 0 radical (unpaired) electrons. The van der Waals surface area contributed by atoms with Gasteiger partial charge in [-0.1, -0.05) is 17.7 Å². The Balaban J connectivity index is 1.79. The number of hydrogen-bond donors (Lipinski definition) is 1. The van der Waals surface area contributed by atoms with Crippen LogP contribution >= 0.6 is 23.8 Å². The number of aromatic nitrogens is 4. The molecule has 0 aliphatic heterocycles. The van der Waals surface area contributed by atoms with E-state index in [-0.39, 0.29) is 12.5 Å². The zero-order valence-corrected chi connectivity index (χ0v) is 14.8. The summed E-state index contributed by atoms with van der Waals surface area (Å²) in [5.41, 5.74) is 1.60. The molecule has 1 amide bonds. The monoisotopic (exact) mass is 361 g/mol. The van der Waals surface area contributed by atoms with Crippen LogP contribution in [0.3, 0.4) is 0 Å². The highest BCUT2D eigenvalue weighted by Gasteiger charge is 2.12. The molecule has 0 aliphatic rings. The standard InChI is InChI=1S/C16H16ClN5OS/c1-11-5-6-13(9-14(11)17)18-15(23)10-21-16(24)22(12(2)19-21)20-7-3-4-8-20/h3-9H,10H2,1-2H3,(H,18,23). The molecule has 2 heterocycles. The van der Waals surface area contributed by atoms with Gasteiger partial charge in [0.05, 0.1) is 0 Å². The van der Waals surface area contributed by atoms with Gasteiger partial charge in [-0.05, 0) is 55.9 Å². The maximum atomic E-state index is 12.3. The molecule has 3 aromatic rings. The lowest BCUT2D eigenvalue weighted by Gasteiger charge is -2.07. The molecular weight excluding hydrogens is 346 g/mol. The number of nitrogens with zero attached hydrogens (tertiary/aromatic N) is 4. The van der Waals surface area contributed by atoms with Crippen molar-refractivity contribution in [3.63, 3.8) is 0 Å². The predicted octanol–water partition coefficient (Wildman–Crippen LogP) is 3.44. The molecule has 0 unspecified atom stereocenters. The van der Waals surface area contributed by atoms with E-state index in [0.717, 1.165) is 5.56 Å². The van der Waals surface area contributed by atoms with E-state index < -0.39 is 0 Å². The predicted molar refractivity (Wildman–Crippen MR) is 95.8 cm³/mol. The van der Waals surface area contributed by atoms with E-state index in [1.165, 1.54) is 4.68 Å². The molecular formula is C16H16ClN5OS. The van der Waals surface area contributed by atoms with Crippen LogP contribution in [0.2, 0.25) is 5.02 Å². The first-order valence-corrected chi connectivity index (χ1v) is 8.10. The number of halogens is 1. The molecule has 24 heavy (non-hydrogen) atoms. The topological polar surface area (TPSA) is 56.8 Å². The van der Waals surface area contributed by atoms with Crippen molar-refractivity contribution in [2.75, 3.05) is 5.32 Å². The van der Waals surface area contributed by atoms with Crippen LogP contribution in [0, 0.1) is 18.6 Å². The van der Waals surface area contributed by atoms with Crippen LogP contribution in [0.25, 0.3) is 0 Å². The zero-order valence-electron chi connectivity index (χ0n) is 13.2. The Kier molecular flexibility index (Phi) is 4.55. The number of carbonyl (C=O) groups is 1. The molecule has 2 aromatic heterocycles. The molecule has 0 spiro atoms. The Morgan fingerprint density at radius 2 is 2.00 bits per heavy atom. The van der Waals surface area contributed by atoms with Gasteiger partial charge >= 0.3 is 0 Å². The van der Waals surface area contributed by atoms with Crippen molar-refractivity contribution < 1.29 is 4.79 Å². The summed E-state index contributed by atoms with van der Waals surface area (Å²) in [6.45, 7) is 3.77. The summed E-state index contributed by atoms with van der Waals surface area (Å²) in [6, 6.07) is 9.17. The first-order valence-electron chi connectivity index (χ1n) is 7.32. The van der Waals surface area contributed by atoms with Crippen LogP contribution in [-0.2, 0) is 11.3 Å². The normalized spacial score (nSPS) is 10.8. The summed E-state index contributed by atoms with van der Waals surface area (Å²) in [5.74, 6) is 0.477. The van der Waals surface area contributed by atoms with Gasteiger partial charge in [0.1, 0.15) is 12.4 Å². The van der Waals surface area contributed by atoms with Gasteiger partial charge in [-0.2, -0.15) is 5.10 Å². The van der Waals surface area contributed by atoms with Gasteiger partial charge in [0.15, 0.2) is 0 Å². The Labute approximate surface area is 149 Å². The van der Waals surface area contributed by atoms with Gasteiger partial charge in [0, 0.05) is 23.1 Å². The first kappa shape index (κ1) is 16.5. The smallest absolute Gasteiger partial charge is 0.246 e. The molecule has 0 saturated heterocycles. The molecule has 0 aliphatic carbocycles. The fourth-order valence-corrected chi connectivity index (χ4v) is 2.85. The second-order valence-corrected chi connectivity index (χ2v) is 6.15. The van der Waals surface area contributed by atoms with E-state index in [1.54, 1.807) is 10.7 Å². The van der Waals surface area contributed by atoms with Crippen molar-refractivity contribution in [1.82, 2.24) is 19.1 Å². The van der Waals surface area contributed by atoms with Gasteiger partial charge in [-0.25, -0.2) is 9.36 Å². The average Bonchev–Trinajstić information content (AvgIpc) is 3.12. The Morgan fingerprint density at radius 3 is 2.67 bits per heavy atom. The third-order valence-electron chi connectivity index (χ3n) is 3.54. The quantitative estimate of drug-likeness (QED) is 0.724. The fraction of sp³-hybridized carbons (Fsp3) is 0.188. The molecule has 3 rings (SSSR count). The van der Waals surface area contributed by atoms with E-state index in [0.29, 0.717) is 21.3 Å². The van der Waals surface area contributed by atoms with Crippen LogP contribution in [0.4, 0.5) is 5.69 Å². The van der Waals surface area contributed by atoms with Gasteiger partial charge in [0.25, 0.3) is 0 Å². The molecule has 1 N–H and O–H groups in total.